The molecule has 8 nitrogen and oxygen atoms in total. The third-order valence-electron chi connectivity index (χ3n) is 5.37. The molecule has 0 saturated carbocycles. The number of nitrogens with zero attached hydrogens (tertiary/aromatic N) is 4. The highest BCUT2D eigenvalue weighted by atomic mass is 16.5. The van der Waals surface area contributed by atoms with Gasteiger partial charge in [-0.15, -0.1) is 0 Å². The molecule has 156 valence electrons. The second kappa shape index (κ2) is 8.54. The van der Waals surface area contributed by atoms with E-state index in [9.17, 15) is 4.79 Å². The van der Waals surface area contributed by atoms with Crippen LogP contribution in [0.3, 0.4) is 0 Å². The van der Waals surface area contributed by atoms with E-state index in [4.69, 9.17) is 9.26 Å². The van der Waals surface area contributed by atoms with Gasteiger partial charge in [-0.2, -0.15) is 4.98 Å². The number of aromatic nitrogens is 2. The molecule has 1 fully saturated rings. The van der Waals surface area contributed by atoms with E-state index in [1.807, 2.05) is 37.3 Å². The van der Waals surface area contributed by atoms with Crippen molar-refractivity contribution in [2.45, 2.75) is 6.92 Å². The average Bonchev–Trinajstić information content (AvgIpc) is 3.28. The first-order chi connectivity index (χ1) is 14.5. The summed E-state index contributed by atoms with van der Waals surface area (Å²) in [6, 6.07) is 11.1. The number of aryl methyl sites for hydroxylation is 1. The fourth-order valence-corrected chi connectivity index (χ4v) is 3.61. The lowest BCUT2D eigenvalue weighted by atomic mass is 10.0. The molecule has 4 rings (SSSR count). The van der Waals surface area contributed by atoms with Gasteiger partial charge in [0.15, 0.2) is 0 Å². The molecule has 2 heterocycles. The number of amides is 1. The molecule has 2 aromatic carbocycles. The number of rotatable bonds is 5. The van der Waals surface area contributed by atoms with Crippen molar-refractivity contribution in [3.05, 3.63) is 53.9 Å². The molecule has 0 bridgehead atoms. The number of ether oxygens (including phenoxy) is 1. The predicted octanol–water partition coefficient (Wildman–Crippen LogP) is 3.06. The van der Waals surface area contributed by atoms with E-state index in [0.717, 1.165) is 54.4 Å². The van der Waals surface area contributed by atoms with Crippen molar-refractivity contribution < 1.29 is 14.1 Å². The summed E-state index contributed by atoms with van der Waals surface area (Å²) in [6.45, 7) is 5.74. The Morgan fingerprint density at radius 3 is 2.60 bits per heavy atom. The molecular weight excluding hydrogens is 382 g/mol. The maximum atomic E-state index is 12.8. The summed E-state index contributed by atoms with van der Waals surface area (Å²) in [5, 5.41) is 6.86. The molecule has 0 aliphatic carbocycles. The molecule has 0 atom stereocenters. The molecule has 8 heteroatoms. The maximum absolute atomic E-state index is 12.8. The van der Waals surface area contributed by atoms with Gasteiger partial charge in [0.2, 0.25) is 12.2 Å². The zero-order chi connectivity index (χ0) is 21.1. The lowest BCUT2D eigenvalue weighted by Gasteiger charge is -2.35. The molecule has 0 spiro atoms. The monoisotopic (exact) mass is 407 g/mol. The Balaban J connectivity index is 1.53. The smallest absolute Gasteiger partial charge is 0.255 e. The Morgan fingerprint density at radius 1 is 1.13 bits per heavy atom. The van der Waals surface area contributed by atoms with Gasteiger partial charge in [0, 0.05) is 43.0 Å². The molecule has 0 radical (unpaired) electrons. The zero-order valence-corrected chi connectivity index (χ0v) is 17.4. The van der Waals surface area contributed by atoms with Crippen LogP contribution in [-0.4, -0.2) is 61.3 Å². The third kappa shape index (κ3) is 4.13. The predicted molar refractivity (Wildman–Crippen MR) is 115 cm³/mol. The number of hydrogen-bond donors (Lipinski definition) is 1. The molecule has 1 aliphatic rings. The molecule has 1 saturated heterocycles. The van der Waals surface area contributed by atoms with E-state index in [1.165, 1.54) is 6.39 Å². The van der Waals surface area contributed by atoms with Gasteiger partial charge in [0.25, 0.3) is 5.91 Å². The zero-order valence-electron chi connectivity index (χ0n) is 17.4. The summed E-state index contributed by atoms with van der Waals surface area (Å²) < 4.78 is 10.4. The summed E-state index contributed by atoms with van der Waals surface area (Å²) >= 11 is 0. The Hall–Kier alpha value is -3.39. The van der Waals surface area contributed by atoms with Crippen molar-refractivity contribution in [2.75, 3.05) is 50.6 Å². The number of carbonyl (C=O) groups is 1. The second-order valence-corrected chi connectivity index (χ2v) is 7.42. The van der Waals surface area contributed by atoms with Gasteiger partial charge in [-0.3, -0.25) is 4.79 Å². The molecule has 1 aliphatic heterocycles. The van der Waals surface area contributed by atoms with Crippen LogP contribution in [-0.2, 0) is 0 Å². The first-order valence-corrected chi connectivity index (χ1v) is 9.85. The maximum Gasteiger partial charge on any atom is 0.255 e. The van der Waals surface area contributed by atoms with E-state index >= 15 is 0 Å². The topological polar surface area (TPSA) is 83.7 Å². The molecule has 1 amide bonds. The average molecular weight is 407 g/mol. The van der Waals surface area contributed by atoms with Gasteiger partial charge in [-0.1, -0.05) is 11.2 Å². The van der Waals surface area contributed by atoms with Crippen LogP contribution in [0, 0.1) is 6.92 Å². The van der Waals surface area contributed by atoms with Crippen LogP contribution in [0.15, 0.2) is 47.3 Å². The Kier molecular flexibility index (Phi) is 5.67. The number of anilines is 2. The summed E-state index contributed by atoms with van der Waals surface area (Å²) in [5.74, 6) is 1.14. The van der Waals surface area contributed by atoms with Gasteiger partial charge in [-0.25, -0.2) is 0 Å². The molecule has 3 aromatic rings. The minimum atomic E-state index is -0.174. The van der Waals surface area contributed by atoms with Gasteiger partial charge < -0.3 is 24.4 Å². The van der Waals surface area contributed by atoms with Crippen LogP contribution in [0.5, 0.6) is 5.75 Å². The quantitative estimate of drug-likeness (QED) is 0.696. The Morgan fingerprint density at radius 2 is 1.93 bits per heavy atom. The summed E-state index contributed by atoms with van der Waals surface area (Å²) in [5.41, 5.74) is 4.03. The highest BCUT2D eigenvalue weighted by molar-refractivity contribution is 6.05. The van der Waals surface area contributed by atoms with E-state index < -0.39 is 0 Å². The molecular formula is C22H25N5O3. The Bertz CT molecular complexity index is 1030. The van der Waals surface area contributed by atoms with Gasteiger partial charge in [0.1, 0.15) is 5.75 Å². The fraction of sp³-hybridized carbons (Fsp3) is 0.318. The van der Waals surface area contributed by atoms with Crippen molar-refractivity contribution in [3.8, 4) is 17.1 Å². The fourth-order valence-electron chi connectivity index (χ4n) is 3.61. The minimum absolute atomic E-state index is 0.174. The Labute approximate surface area is 175 Å². The highest BCUT2D eigenvalue weighted by Gasteiger charge is 2.19. The van der Waals surface area contributed by atoms with Crippen LogP contribution in [0.25, 0.3) is 11.4 Å². The molecule has 1 aromatic heterocycles. The number of nitrogens with one attached hydrogen (secondary N) is 1. The van der Waals surface area contributed by atoms with Crippen molar-refractivity contribution in [2.24, 2.45) is 0 Å². The van der Waals surface area contributed by atoms with E-state index in [0.29, 0.717) is 11.4 Å². The number of benzene rings is 2. The number of carbonyl (C=O) groups excluding carboxylic acids is 1. The van der Waals surface area contributed by atoms with E-state index in [2.05, 4.69) is 32.3 Å². The van der Waals surface area contributed by atoms with Gasteiger partial charge in [-0.05, 0) is 49.9 Å². The summed E-state index contributed by atoms with van der Waals surface area (Å²) in [4.78, 5) is 21.5. The van der Waals surface area contributed by atoms with Crippen LogP contribution >= 0.6 is 0 Å². The number of methoxy groups -OCH3 is 1. The highest BCUT2D eigenvalue weighted by Crippen LogP contribution is 2.32. The minimum Gasteiger partial charge on any atom is -0.495 e. The second-order valence-electron chi connectivity index (χ2n) is 7.42. The number of hydrogen-bond acceptors (Lipinski definition) is 7. The standard InChI is InChI=1S/C22H25N5O3/c1-15-12-16(4-6-18(15)21-23-14-30-25-21)22(28)24-17-5-7-20(29-3)19(13-17)27-10-8-26(2)9-11-27/h4-7,12-14H,8-11H2,1-3H3,(H,24,28). The summed E-state index contributed by atoms with van der Waals surface area (Å²) in [6.07, 6.45) is 1.29. The van der Waals surface area contributed by atoms with Crippen LogP contribution in [0.2, 0.25) is 0 Å². The van der Waals surface area contributed by atoms with Gasteiger partial charge in [0.05, 0.1) is 12.8 Å². The van der Waals surface area contributed by atoms with Gasteiger partial charge >= 0.3 is 0 Å². The lowest BCUT2D eigenvalue weighted by Crippen LogP contribution is -2.44. The largest absolute Gasteiger partial charge is 0.495 e. The number of likely N-dealkylation sites (N-methyl/N-ethyl adjacent to an activating group) is 1. The van der Waals surface area contributed by atoms with Crippen molar-refractivity contribution in [3.63, 3.8) is 0 Å². The first-order valence-electron chi connectivity index (χ1n) is 9.85. The third-order valence-corrected chi connectivity index (χ3v) is 5.37. The van der Waals surface area contributed by atoms with Crippen molar-refractivity contribution in [1.82, 2.24) is 15.0 Å². The summed E-state index contributed by atoms with van der Waals surface area (Å²) in [7, 11) is 3.79. The number of piperazine rings is 1. The molecule has 1 N–H and O–H groups in total. The van der Waals surface area contributed by atoms with Crippen LogP contribution in [0.1, 0.15) is 15.9 Å². The molecule has 0 unspecified atom stereocenters. The lowest BCUT2D eigenvalue weighted by molar-refractivity contribution is 0.102. The first kappa shape index (κ1) is 19.9. The van der Waals surface area contributed by atoms with Crippen LogP contribution in [0.4, 0.5) is 11.4 Å². The normalized spacial score (nSPS) is 14.6. The molecule has 30 heavy (non-hydrogen) atoms. The van der Waals surface area contributed by atoms with E-state index in [1.54, 1.807) is 13.2 Å². The van der Waals surface area contributed by atoms with Crippen molar-refractivity contribution >= 4 is 17.3 Å². The van der Waals surface area contributed by atoms with Crippen LogP contribution < -0.4 is 15.0 Å². The SMILES string of the molecule is COc1ccc(NC(=O)c2ccc(-c3ncon3)c(C)c2)cc1N1CCN(C)CC1. The van der Waals surface area contributed by atoms with E-state index in [-0.39, 0.29) is 5.91 Å². The van der Waals surface area contributed by atoms with Crippen molar-refractivity contribution in [1.29, 1.82) is 0 Å².